The third-order valence-corrected chi connectivity index (χ3v) is 3.62. The first-order chi connectivity index (χ1) is 8.91. The third kappa shape index (κ3) is 6.61. The van der Waals surface area contributed by atoms with Gasteiger partial charge in [0.2, 0.25) is 0 Å². The molecule has 19 heavy (non-hydrogen) atoms. The first-order valence-electron chi connectivity index (χ1n) is 7.33. The van der Waals surface area contributed by atoms with Gasteiger partial charge >= 0.3 is 6.18 Å². The van der Waals surface area contributed by atoms with Crippen LogP contribution in [0.2, 0.25) is 0 Å². The van der Waals surface area contributed by atoms with Crippen LogP contribution in [0, 0.1) is 5.92 Å². The summed E-state index contributed by atoms with van der Waals surface area (Å²) in [6, 6.07) is -0.389. The summed E-state index contributed by atoms with van der Waals surface area (Å²) >= 11 is 0. The zero-order chi connectivity index (χ0) is 14.3. The van der Waals surface area contributed by atoms with Gasteiger partial charge in [-0.1, -0.05) is 12.8 Å². The summed E-state index contributed by atoms with van der Waals surface area (Å²) in [5, 5.41) is 3.09. The van der Waals surface area contributed by atoms with E-state index in [0.717, 1.165) is 19.3 Å². The molecular formula is C14H26F3NO. The lowest BCUT2D eigenvalue weighted by Crippen LogP contribution is -2.45. The molecule has 2 atom stereocenters. The van der Waals surface area contributed by atoms with Crippen molar-refractivity contribution in [2.45, 2.75) is 70.7 Å². The Morgan fingerprint density at radius 2 is 1.84 bits per heavy atom. The predicted octanol–water partition coefficient (Wildman–Crippen LogP) is 3.90. The summed E-state index contributed by atoms with van der Waals surface area (Å²) in [5.74, 6) is -1.16. The van der Waals surface area contributed by atoms with E-state index in [1.165, 1.54) is 0 Å². The molecule has 0 saturated heterocycles. The van der Waals surface area contributed by atoms with Gasteiger partial charge in [-0.2, -0.15) is 13.2 Å². The van der Waals surface area contributed by atoms with E-state index in [1.807, 2.05) is 13.8 Å². The molecule has 0 spiro atoms. The van der Waals surface area contributed by atoms with Gasteiger partial charge in [-0.3, -0.25) is 0 Å². The Hall–Kier alpha value is -0.290. The maximum Gasteiger partial charge on any atom is 0.393 e. The van der Waals surface area contributed by atoms with Gasteiger partial charge in [0.05, 0.1) is 12.0 Å². The monoisotopic (exact) mass is 281 g/mol. The number of alkyl halides is 3. The molecule has 0 aliphatic heterocycles. The van der Waals surface area contributed by atoms with Crippen molar-refractivity contribution >= 4 is 0 Å². The number of unbranched alkanes of at least 4 members (excludes halogenated alkanes) is 1. The topological polar surface area (TPSA) is 21.3 Å². The highest BCUT2D eigenvalue weighted by molar-refractivity contribution is 4.85. The number of nitrogens with one attached hydrogen (secondary N) is 1. The minimum atomic E-state index is -4.06. The van der Waals surface area contributed by atoms with Crippen LogP contribution >= 0.6 is 0 Å². The van der Waals surface area contributed by atoms with Gasteiger partial charge in [0.1, 0.15) is 0 Å². The highest BCUT2D eigenvalue weighted by Gasteiger charge is 2.45. The van der Waals surface area contributed by atoms with Crippen molar-refractivity contribution in [1.82, 2.24) is 5.32 Å². The van der Waals surface area contributed by atoms with Crippen LogP contribution in [-0.4, -0.2) is 31.5 Å². The van der Waals surface area contributed by atoms with Crippen molar-refractivity contribution < 1.29 is 17.9 Å². The minimum Gasteiger partial charge on any atom is -0.379 e. The van der Waals surface area contributed by atoms with E-state index in [2.05, 4.69) is 5.32 Å². The summed E-state index contributed by atoms with van der Waals surface area (Å²) in [5.41, 5.74) is 0. The fourth-order valence-corrected chi connectivity index (χ4v) is 2.60. The van der Waals surface area contributed by atoms with Crippen LogP contribution in [-0.2, 0) is 4.74 Å². The summed E-state index contributed by atoms with van der Waals surface area (Å²) in [4.78, 5) is 0. The molecule has 2 nitrogen and oxygen atoms in total. The van der Waals surface area contributed by atoms with Crippen molar-refractivity contribution in [3.8, 4) is 0 Å². The van der Waals surface area contributed by atoms with Crippen LogP contribution < -0.4 is 5.32 Å². The molecule has 1 rings (SSSR count). The third-order valence-electron chi connectivity index (χ3n) is 3.62. The van der Waals surface area contributed by atoms with Crippen molar-refractivity contribution in [2.75, 3.05) is 13.2 Å². The van der Waals surface area contributed by atoms with Crippen molar-refractivity contribution in [2.24, 2.45) is 5.92 Å². The van der Waals surface area contributed by atoms with Gasteiger partial charge < -0.3 is 10.1 Å². The van der Waals surface area contributed by atoms with E-state index in [1.54, 1.807) is 0 Å². The molecule has 0 heterocycles. The highest BCUT2D eigenvalue weighted by atomic mass is 19.4. The largest absolute Gasteiger partial charge is 0.393 e. The van der Waals surface area contributed by atoms with E-state index in [9.17, 15) is 13.2 Å². The summed E-state index contributed by atoms with van der Waals surface area (Å²) in [6.07, 6.45) is 0.456. The first kappa shape index (κ1) is 16.8. The number of halogens is 3. The lowest BCUT2D eigenvalue weighted by molar-refractivity contribution is -0.188. The Morgan fingerprint density at radius 1 is 1.16 bits per heavy atom. The molecule has 1 fully saturated rings. The molecule has 1 aliphatic rings. The van der Waals surface area contributed by atoms with Crippen molar-refractivity contribution in [3.63, 3.8) is 0 Å². The molecule has 0 radical (unpaired) electrons. The Balaban J connectivity index is 2.19. The van der Waals surface area contributed by atoms with Crippen molar-refractivity contribution in [1.29, 1.82) is 0 Å². The smallest absolute Gasteiger partial charge is 0.379 e. The normalized spacial score (nSPS) is 24.9. The van der Waals surface area contributed by atoms with E-state index >= 15 is 0 Å². The molecule has 1 N–H and O–H groups in total. The average molecular weight is 281 g/mol. The van der Waals surface area contributed by atoms with Gasteiger partial charge in [0.15, 0.2) is 0 Å². The quantitative estimate of drug-likeness (QED) is 0.715. The van der Waals surface area contributed by atoms with E-state index in [-0.39, 0.29) is 18.6 Å². The molecule has 1 aliphatic carbocycles. The van der Waals surface area contributed by atoms with Crippen LogP contribution in [0.3, 0.4) is 0 Å². The highest BCUT2D eigenvalue weighted by Crippen LogP contribution is 2.37. The summed E-state index contributed by atoms with van der Waals surface area (Å²) in [7, 11) is 0. The molecule has 114 valence electrons. The van der Waals surface area contributed by atoms with Gasteiger partial charge in [0, 0.05) is 12.6 Å². The fraction of sp³-hybridized carbons (Fsp3) is 1.00. The number of hydrogen-bond donors (Lipinski definition) is 1. The molecule has 5 heteroatoms. The first-order valence-corrected chi connectivity index (χ1v) is 7.33. The Labute approximate surface area is 114 Å². The molecule has 0 amide bonds. The minimum absolute atomic E-state index is 0.223. The SMILES string of the molecule is CC(C)OCCCCNC1CCCCC1C(F)(F)F. The predicted molar refractivity (Wildman–Crippen MR) is 70.1 cm³/mol. The standard InChI is InChI=1S/C14H26F3NO/c1-11(2)19-10-6-5-9-18-13-8-4-3-7-12(13)14(15,16)17/h11-13,18H,3-10H2,1-2H3. The van der Waals surface area contributed by atoms with Crippen LogP contribution in [0.25, 0.3) is 0 Å². The Morgan fingerprint density at radius 3 is 2.47 bits per heavy atom. The van der Waals surface area contributed by atoms with E-state index < -0.39 is 12.1 Å². The number of rotatable bonds is 7. The van der Waals surface area contributed by atoms with Crippen LogP contribution in [0.1, 0.15) is 52.4 Å². The lowest BCUT2D eigenvalue weighted by atomic mass is 9.84. The van der Waals surface area contributed by atoms with Crippen molar-refractivity contribution in [3.05, 3.63) is 0 Å². The fourth-order valence-electron chi connectivity index (χ4n) is 2.60. The van der Waals surface area contributed by atoms with E-state index in [0.29, 0.717) is 26.0 Å². The second-order valence-corrected chi connectivity index (χ2v) is 5.62. The molecule has 0 aromatic carbocycles. The second-order valence-electron chi connectivity index (χ2n) is 5.62. The number of ether oxygens (including phenoxy) is 1. The summed E-state index contributed by atoms with van der Waals surface area (Å²) in [6.45, 7) is 5.30. The van der Waals surface area contributed by atoms with Gasteiger partial charge in [-0.25, -0.2) is 0 Å². The van der Waals surface area contributed by atoms with Crippen LogP contribution in [0.4, 0.5) is 13.2 Å². The Kier molecular flexibility index (Phi) is 7.15. The zero-order valence-corrected chi connectivity index (χ0v) is 11.9. The van der Waals surface area contributed by atoms with Gasteiger partial charge in [-0.05, 0) is 46.1 Å². The summed E-state index contributed by atoms with van der Waals surface area (Å²) < 4.78 is 44.0. The average Bonchev–Trinajstić information content (AvgIpc) is 2.32. The Bertz CT molecular complexity index is 243. The molecule has 0 bridgehead atoms. The van der Waals surface area contributed by atoms with Gasteiger partial charge in [-0.15, -0.1) is 0 Å². The zero-order valence-electron chi connectivity index (χ0n) is 11.9. The number of hydrogen-bond acceptors (Lipinski definition) is 2. The van der Waals surface area contributed by atoms with Crippen LogP contribution in [0.5, 0.6) is 0 Å². The molecule has 2 unspecified atom stereocenters. The lowest BCUT2D eigenvalue weighted by Gasteiger charge is -2.33. The molecule has 0 aromatic heterocycles. The molecule has 0 aromatic rings. The second kappa shape index (κ2) is 8.10. The van der Waals surface area contributed by atoms with E-state index in [4.69, 9.17) is 4.74 Å². The molecule has 1 saturated carbocycles. The maximum absolute atomic E-state index is 12.9. The molecular weight excluding hydrogens is 255 g/mol. The maximum atomic E-state index is 12.9. The van der Waals surface area contributed by atoms with Gasteiger partial charge in [0.25, 0.3) is 0 Å². The van der Waals surface area contributed by atoms with Crippen LogP contribution in [0.15, 0.2) is 0 Å².